The lowest BCUT2D eigenvalue weighted by Gasteiger charge is -2.12. The molecule has 1 atom stereocenters. The molecule has 0 aromatic heterocycles. The van der Waals surface area contributed by atoms with Gasteiger partial charge in [-0.3, -0.25) is 0 Å². The Morgan fingerprint density at radius 1 is 1.43 bits per heavy atom. The van der Waals surface area contributed by atoms with Gasteiger partial charge in [-0.2, -0.15) is 0 Å². The second kappa shape index (κ2) is 4.76. The standard InChI is InChI=1S/C11H14FN.ClH/c1-8-10(3-2-4-11(8)12)9-5-6-13-7-9;/h2-4,9,13H,5-7H2,1H3;1H. The van der Waals surface area contributed by atoms with E-state index in [9.17, 15) is 4.39 Å². The fraction of sp³-hybridized carbons (Fsp3) is 0.455. The van der Waals surface area contributed by atoms with Gasteiger partial charge in [0, 0.05) is 6.54 Å². The van der Waals surface area contributed by atoms with Gasteiger partial charge in [-0.05, 0) is 43.0 Å². The lowest BCUT2D eigenvalue weighted by Crippen LogP contribution is -2.09. The molecule has 0 radical (unpaired) electrons. The van der Waals surface area contributed by atoms with E-state index >= 15 is 0 Å². The van der Waals surface area contributed by atoms with Gasteiger partial charge in [0.2, 0.25) is 0 Å². The summed E-state index contributed by atoms with van der Waals surface area (Å²) in [6.07, 6.45) is 1.13. The number of rotatable bonds is 1. The molecule has 1 aliphatic rings. The molecule has 0 saturated carbocycles. The Morgan fingerprint density at radius 3 is 2.86 bits per heavy atom. The van der Waals surface area contributed by atoms with Gasteiger partial charge >= 0.3 is 0 Å². The summed E-state index contributed by atoms with van der Waals surface area (Å²) in [7, 11) is 0. The fourth-order valence-corrected chi connectivity index (χ4v) is 1.99. The maximum Gasteiger partial charge on any atom is 0.126 e. The molecule has 1 saturated heterocycles. The monoisotopic (exact) mass is 215 g/mol. The average Bonchev–Trinajstić information content (AvgIpc) is 2.62. The average molecular weight is 216 g/mol. The summed E-state index contributed by atoms with van der Waals surface area (Å²) in [5, 5.41) is 3.30. The van der Waals surface area contributed by atoms with Gasteiger partial charge in [0.1, 0.15) is 5.82 Å². The molecule has 2 rings (SSSR count). The lowest BCUT2D eigenvalue weighted by atomic mass is 9.94. The van der Waals surface area contributed by atoms with E-state index in [1.807, 2.05) is 13.0 Å². The van der Waals surface area contributed by atoms with Crippen molar-refractivity contribution in [2.75, 3.05) is 13.1 Å². The highest BCUT2D eigenvalue weighted by Gasteiger charge is 2.18. The molecule has 1 fully saturated rings. The quantitative estimate of drug-likeness (QED) is 0.760. The van der Waals surface area contributed by atoms with E-state index < -0.39 is 0 Å². The van der Waals surface area contributed by atoms with Crippen molar-refractivity contribution in [3.05, 3.63) is 35.1 Å². The Labute approximate surface area is 90.1 Å². The first kappa shape index (κ1) is 11.5. The number of nitrogens with one attached hydrogen (secondary N) is 1. The van der Waals surface area contributed by atoms with Crippen molar-refractivity contribution in [3.8, 4) is 0 Å². The van der Waals surface area contributed by atoms with Crippen LogP contribution < -0.4 is 5.32 Å². The highest BCUT2D eigenvalue weighted by molar-refractivity contribution is 5.85. The molecule has 1 aromatic carbocycles. The third-order valence-corrected chi connectivity index (χ3v) is 2.81. The number of benzene rings is 1. The minimum Gasteiger partial charge on any atom is -0.316 e. The van der Waals surface area contributed by atoms with Gasteiger partial charge in [0.15, 0.2) is 0 Å². The van der Waals surface area contributed by atoms with Gasteiger partial charge in [0.05, 0.1) is 0 Å². The summed E-state index contributed by atoms with van der Waals surface area (Å²) in [4.78, 5) is 0. The predicted octanol–water partition coefficient (Wildman–Crippen LogP) is 2.63. The van der Waals surface area contributed by atoms with E-state index in [0.717, 1.165) is 25.1 Å². The molecule has 1 N–H and O–H groups in total. The first-order chi connectivity index (χ1) is 6.29. The van der Waals surface area contributed by atoms with Crippen LogP contribution in [-0.2, 0) is 0 Å². The van der Waals surface area contributed by atoms with Crippen LogP contribution >= 0.6 is 12.4 Å². The van der Waals surface area contributed by atoms with Crippen molar-refractivity contribution in [3.63, 3.8) is 0 Å². The first-order valence-corrected chi connectivity index (χ1v) is 4.75. The topological polar surface area (TPSA) is 12.0 Å². The minimum atomic E-state index is -0.0793. The second-order valence-corrected chi connectivity index (χ2v) is 3.64. The summed E-state index contributed by atoms with van der Waals surface area (Å²) in [6.45, 7) is 3.91. The third-order valence-electron chi connectivity index (χ3n) is 2.81. The van der Waals surface area contributed by atoms with E-state index in [4.69, 9.17) is 0 Å². The molecular weight excluding hydrogens is 201 g/mol. The molecule has 0 bridgehead atoms. The summed E-state index contributed by atoms with van der Waals surface area (Å²) >= 11 is 0. The van der Waals surface area contributed by atoms with Crippen molar-refractivity contribution in [2.24, 2.45) is 0 Å². The van der Waals surface area contributed by atoms with Gasteiger partial charge in [0.25, 0.3) is 0 Å². The van der Waals surface area contributed by atoms with Crippen LogP contribution in [0.2, 0.25) is 0 Å². The van der Waals surface area contributed by atoms with Crippen molar-refractivity contribution >= 4 is 12.4 Å². The molecule has 1 aromatic rings. The van der Waals surface area contributed by atoms with Crippen molar-refractivity contribution in [1.82, 2.24) is 5.32 Å². The van der Waals surface area contributed by atoms with Gasteiger partial charge in [-0.25, -0.2) is 4.39 Å². The van der Waals surface area contributed by atoms with Crippen molar-refractivity contribution in [1.29, 1.82) is 0 Å². The summed E-state index contributed by atoms with van der Waals surface area (Å²) < 4.78 is 13.2. The Balaban J connectivity index is 0.000000980. The molecule has 78 valence electrons. The number of hydrogen-bond acceptors (Lipinski definition) is 1. The van der Waals surface area contributed by atoms with E-state index in [-0.39, 0.29) is 18.2 Å². The molecular formula is C11H15ClFN. The largest absolute Gasteiger partial charge is 0.316 e. The Morgan fingerprint density at radius 2 is 2.21 bits per heavy atom. The van der Waals surface area contributed by atoms with E-state index in [2.05, 4.69) is 5.32 Å². The number of hydrogen-bond donors (Lipinski definition) is 1. The Hall–Kier alpha value is -0.600. The second-order valence-electron chi connectivity index (χ2n) is 3.64. The zero-order valence-corrected chi connectivity index (χ0v) is 9.03. The Bertz CT molecular complexity index is 308. The molecule has 0 amide bonds. The highest BCUT2D eigenvalue weighted by atomic mass is 35.5. The zero-order valence-electron chi connectivity index (χ0n) is 8.22. The maximum atomic E-state index is 13.2. The van der Waals surface area contributed by atoms with Gasteiger partial charge < -0.3 is 5.32 Å². The molecule has 1 nitrogen and oxygen atoms in total. The van der Waals surface area contributed by atoms with Crippen LogP contribution in [0.4, 0.5) is 4.39 Å². The minimum absolute atomic E-state index is 0. The van der Waals surface area contributed by atoms with Crippen LogP contribution in [0.3, 0.4) is 0 Å². The summed E-state index contributed by atoms with van der Waals surface area (Å²) in [6, 6.07) is 5.37. The molecule has 3 heteroatoms. The Kier molecular flexibility index (Phi) is 3.90. The van der Waals surface area contributed by atoms with Crippen LogP contribution in [0.1, 0.15) is 23.5 Å². The van der Waals surface area contributed by atoms with Crippen molar-refractivity contribution < 1.29 is 4.39 Å². The maximum absolute atomic E-state index is 13.2. The normalized spacial score (nSPS) is 20.6. The summed E-state index contributed by atoms with van der Waals surface area (Å²) in [5.74, 6) is 0.431. The van der Waals surface area contributed by atoms with Crippen LogP contribution in [0.25, 0.3) is 0 Å². The lowest BCUT2D eigenvalue weighted by molar-refractivity contribution is 0.610. The zero-order chi connectivity index (χ0) is 9.26. The SMILES string of the molecule is Cc1c(F)cccc1C1CCNC1.Cl. The molecule has 1 heterocycles. The van der Waals surface area contributed by atoms with Crippen LogP contribution in [0, 0.1) is 12.7 Å². The molecule has 0 spiro atoms. The van der Waals surface area contributed by atoms with Gasteiger partial charge in [-0.1, -0.05) is 12.1 Å². The van der Waals surface area contributed by atoms with Gasteiger partial charge in [-0.15, -0.1) is 12.4 Å². The number of halogens is 2. The predicted molar refractivity (Wildman–Crippen MR) is 58.6 cm³/mol. The van der Waals surface area contributed by atoms with Crippen LogP contribution in [0.15, 0.2) is 18.2 Å². The van der Waals surface area contributed by atoms with Crippen LogP contribution in [0.5, 0.6) is 0 Å². The smallest absolute Gasteiger partial charge is 0.126 e. The van der Waals surface area contributed by atoms with E-state index in [1.54, 1.807) is 6.07 Å². The third kappa shape index (κ3) is 2.07. The molecule has 1 aliphatic heterocycles. The fourth-order valence-electron chi connectivity index (χ4n) is 1.99. The molecule has 14 heavy (non-hydrogen) atoms. The van der Waals surface area contributed by atoms with E-state index in [0.29, 0.717) is 5.92 Å². The highest BCUT2D eigenvalue weighted by Crippen LogP contribution is 2.26. The first-order valence-electron chi connectivity index (χ1n) is 4.75. The van der Waals surface area contributed by atoms with Crippen LogP contribution in [-0.4, -0.2) is 13.1 Å². The molecule has 0 aliphatic carbocycles. The van der Waals surface area contributed by atoms with Crippen molar-refractivity contribution in [2.45, 2.75) is 19.3 Å². The van der Waals surface area contributed by atoms with E-state index in [1.165, 1.54) is 11.6 Å². The molecule has 1 unspecified atom stereocenters. The summed E-state index contributed by atoms with van der Waals surface area (Å²) in [5.41, 5.74) is 1.99.